The smallest absolute Gasteiger partial charge is 0.295 e. The summed E-state index contributed by atoms with van der Waals surface area (Å²) in [5.74, 6) is 0. The largest absolute Gasteiger partial charge is 0.301 e. The molecule has 0 bridgehead atoms. The summed E-state index contributed by atoms with van der Waals surface area (Å²) in [5, 5.41) is 29.5. The fraction of sp³-hybridized carbons (Fsp3) is 0.0968. The van der Waals surface area contributed by atoms with Crippen LogP contribution in [0.5, 0.6) is 0 Å². The summed E-state index contributed by atoms with van der Waals surface area (Å²) in [6, 6.07) is 20.2. The Morgan fingerprint density at radius 3 is 1.63 bits per heavy atom. The second-order valence-electron chi connectivity index (χ2n) is 9.24. The number of hydrogen-bond donors (Lipinski definition) is 0. The Balaban J connectivity index is 0.000000230. The maximum absolute atomic E-state index is 11.3. The van der Waals surface area contributed by atoms with Crippen LogP contribution in [-0.4, -0.2) is 25.3 Å². The third kappa shape index (κ3) is 8.42. The molecule has 0 saturated heterocycles. The third-order valence-electron chi connectivity index (χ3n) is 6.20. The number of nitrogens with zero attached hydrogens (tertiary/aromatic N) is 7. The Morgan fingerprint density at radius 1 is 0.717 bits per heavy atom. The summed E-state index contributed by atoms with van der Waals surface area (Å²) in [5.41, 5.74) is 2.68. The van der Waals surface area contributed by atoms with Gasteiger partial charge in [-0.1, -0.05) is 88.0 Å². The second-order valence-corrected chi connectivity index (χ2v) is 12.3. The van der Waals surface area contributed by atoms with E-state index in [-0.39, 0.29) is 10.8 Å². The van der Waals surface area contributed by atoms with Gasteiger partial charge in [0.1, 0.15) is 16.4 Å². The topological polar surface area (TPSA) is 103 Å². The van der Waals surface area contributed by atoms with Crippen LogP contribution in [0, 0.1) is 30.2 Å². The summed E-state index contributed by atoms with van der Waals surface area (Å²) in [6.07, 6.45) is 0. The highest BCUT2D eigenvalue weighted by atomic mass is 35.5. The first kappa shape index (κ1) is 34.9. The van der Waals surface area contributed by atoms with Crippen LogP contribution >= 0.6 is 69.8 Å². The normalized spacial score (nSPS) is 11.7. The number of nitro groups is 1. The summed E-state index contributed by atoms with van der Waals surface area (Å²) < 4.78 is 0. The molecule has 0 amide bonds. The molecule has 2 atom stereocenters. The van der Waals surface area contributed by atoms with Crippen LogP contribution in [0.1, 0.15) is 40.2 Å². The van der Waals surface area contributed by atoms with Crippen molar-refractivity contribution in [1.29, 1.82) is 0 Å². The van der Waals surface area contributed by atoms with Crippen LogP contribution < -0.4 is 0 Å². The minimum absolute atomic E-state index is 0.0118. The fourth-order valence-corrected chi connectivity index (χ4v) is 6.20. The first-order valence-electron chi connectivity index (χ1n) is 12.9. The average Bonchev–Trinajstić information content (AvgIpc) is 3.03. The first-order valence-corrected chi connectivity index (χ1v) is 15.6. The van der Waals surface area contributed by atoms with Crippen LogP contribution in [0.15, 0.2) is 88.8 Å². The molecule has 46 heavy (non-hydrogen) atoms. The molecule has 9 nitrogen and oxygen atoms in total. The number of hydrogen-bond acceptors (Lipinski definition) is 7. The van der Waals surface area contributed by atoms with Gasteiger partial charge in [-0.15, -0.1) is 20.4 Å². The summed E-state index contributed by atoms with van der Waals surface area (Å²) >= 11 is 31.4. The highest BCUT2D eigenvalue weighted by Gasteiger charge is 2.28. The zero-order valence-corrected chi connectivity index (χ0v) is 28.0. The Morgan fingerprint density at radius 2 is 1.22 bits per heavy atom. The van der Waals surface area contributed by atoms with Gasteiger partial charge < -0.3 is 9.69 Å². The Hall–Kier alpha value is -4.00. The SMILES string of the molecule is [C-]#[N+]C(c1ccc(Cl)nn1)c1c(Cl)cccc1Cl.[C-]#[N+]C(c1ccc(Sc2ccc(C)cc2[N+](=O)[O-])nn1)c1c(Cl)cccc1Cl. The van der Waals surface area contributed by atoms with E-state index in [1.165, 1.54) is 6.07 Å². The third-order valence-corrected chi connectivity index (χ3v) is 8.72. The zero-order valence-electron chi connectivity index (χ0n) is 23.4. The van der Waals surface area contributed by atoms with Crippen molar-refractivity contribution in [2.45, 2.75) is 28.9 Å². The van der Waals surface area contributed by atoms with Crippen LogP contribution in [0.3, 0.4) is 0 Å². The van der Waals surface area contributed by atoms with E-state index in [1.807, 2.05) is 0 Å². The van der Waals surface area contributed by atoms with E-state index in [1.54, 1.807) is 79.7 Å². The van der Waals surface area contributed by atoms with Crippen molar-refractivity contribution < 1.29 is 4.92 Å². The molecule has 0 spiro atoms. The van der Waals surface area contributed by atoms with E-state index in [0.29, 0.717) is 52.5 Å². The van der Waals surface area contributed by atoms with Gasteiger partial charge in [-0.25, -0.2) is 13.1 Å². The van der Waals surface area contributed by atoms with Gasteiger partial charge in [0.2, 0.25) is 0 Å². The van der Waals surface area contributed by atoms with Gasteiger partial charge >= 0.3 is 0 Å². The summed E-state index contributed by atoms with van der Waals surface area (Å²) in [7, 11) is 0. The van der Waals surface area contributed by atoms with Gasteiger partial charge in [-0.3, -0.25) is 10.1 Å². The number of benzene rings is 3. The monoisotopic (exact) mass is 727 g/mol. The molecule has 2 unspecified atom stereocenters. The molecule has 5 rings (SSSR count). The molecule has 0 N–H and O–H groups in total. The molecule has 15 heteroatoms. The lowest BCUT2D eigenvalue weighted by Crippen LogP contribution is -2.03. The van der Waals surface area contributed by atoms with Crippen molar-refractivity contribution >= 4 is 75.5 Å². The standard InChI is InChI=1S/C19H12Cl2N4O2S.C12H6Cl3N3/c1-11-6-8-16(15(10-11)25(26)27)28-17-9-7-14(23-24-17)19(22-2)18-12(20)4-3-5-13(18)21;1-16-12(9-5-6-10(15)18-17-9)11-7(13)3-2-4-8(11)14/h3-10,19H,1H3;2-6,12H. The average molecular weight is 730 g/mol. The molecule has 0 aliphatic carbocycles. The van der Waals surface area contributed by atoms with Crippen LogP contribution in [-0.2, 0) is 0 Å². The molecule has 5 aromatic rings. The fourth-order valence-electron chi connectivity index (χ4n) is 4.07. The van der Waals surface area contributed by atoms with Gasteiger partial charge in [-0.2, -0.15) is 0 Å². The van der Waals surface area contributed by atoms with Gasteiger partial charge in [-0.05, 0) is 67.1 Å². The highest BCUT2D eigenvalue weighted by molar-refractivity contribution is 7.99. The molecule has 0 fully saturated rings. The predicted molar refractivity (Wildman–Crippen MR) is 181 cm³/mol. The van der Waals surface area contributed by atoms with E-state index in [2.05, 4.69) is 30.1 Å². The van der Waals surface area contributed by atoms with Crippen molar-refractivity contribution in [3.8, 4) is 0 Å². The van der Waals surface area contributed by atoms with Crippen LogP contribution in [0.2, 0.25) is 25.2 Å². The second kappa shape index (κ2) is 16.0. The van der Waals surface area contributed by atoms with E-state index in [4.69, 9.17) is 71.1 Å². The molecular formula is C31H18Cl5N7O2S. The lowest BCUT2D eigenvalue weighted by atomic mass is 10.0. The van der Waals surface area contributed by atoms with E-state index < -0.39 is 17.0 Å². The maximum Gasteiger partial charge on any atom is 0.295 e. The van der Waals surface area contributed by atoms with E-state index in [0.717, 1.165) is 17.3 Å². The molecule has 2 aromatic heterocycles. The van der Waals surface area contributed by atoms with Crippen molar-refractivity contribution in [3.05, 3.63) is 165 Å². The number of aryl methyl sites for hydroxylation is 1. The molecule has 0 aliphatic heterocycles. The van der Waals surface area contributed by atoms with Crippen molar-refractivity contribution in [2.24, 2.45) is 0 Å². The quantitative estimate of drug-likeness (QED) is 0.0933. The number of rotatable bonds is 7. The Bertz CT molecular complexity index is 1930. The minimum Gasteiger partial charge on any atom is -0.301 e. The zero-order chi connectivity index (χ0) is 33.4. The van der Waals surface area contributed by atoms with Crippen molar-refractivity contribution in [2.75, 3.05) is 0 Å². The first-order chi connectivity index (χ1) is 22.0. The van der Waals surface area contributed by atoms with E-state index in [9.17, 15) is 10.1 Å². The number of nitro benzene ring substituents is 1. The van der Waals surface area contributed by atoms with Crippen molar-refractivity contribution in [3.63, 3.8) is 0 Å². The van der Waals surface area contributed by atoms with Gasteiger partial charge in [0.05, 0.1) is 41.0 Å². The molecule has 0 aliphatic rings. The highest BCUT2D eigenvalue weighted by Crippen LogP contribution is 2.38. The van der Waals surface area contributed by atoms with Crippen LogP contribution in [0.25, 0.3) is 9.69 Å². The van der Waals surface area contributed by atoms with Gasteiger partial charge in [0.25, 0.3) is 17.8 Å². The summed E-state index contributed by atoms with van der Waals surface area (Å²) in [6.45, 7) is 16.6. The number of aromatic nitrogens is 4. The Kier molecular flexibility index (Phi) is 12.1. The molecule has 3 aromatic carbocycles. The van der Waals surface area contributed by atoms with Gasteiger partial charge in [0.15, 0.2) is 5.15 Å². The van der Waals surface area contributed by atoms with Crippen molar-refractivity contribution in [1.82, 2.24) is 20.4 Å². The molecule has 0 radical (unpaired) electrons. The van der Waals surface area contributed by atoms with E-state index >= 15 is 0 Å². The molecular weight excluding hydrogens is 712 g/mol. The minimum atomic E-state index is -0.790. The lowest BCUT2D eigenvalue weighted by molar-refractivity contribution is -0.387. The van der Waals surface area contributed by atoms with Gasteiger partial charge in [0, 0.05) is 6.07 Å². The maximum atomic E-state index is 11.3. The lowest BCUT2D eigenvalue weighted by Gasteiger charge is -2.09. The Labute approximate surface area is 293 Å². The molecule has 230 valence electrons. The predicted octanol–water partition coefficient (Wildman–Crippen LogP) is 10.6. The molecule has 0 saturated carbocycles. The van der Waals surface area contributed by atoms with Crippen LogP contribution in [0.4, 0.5) is 5.69 Å². The summed E-state index contributed by atoms with van der Waals surface area (Å²) in [4.78, 5) is 18.4. The number of halogens is 5. The molecule has 2 heterocycles.